The topological polar surface area (TPSA) is 63.6 Å². The van der Waals surface area contributed by atoms with Gasteiger partial charge < -0.3 is 5.32 Å². The summed E-state index contributed by atoms with van der Waals surface area (Å²) < 4.78 is 0. The maximum absolute atomic E-state index is 4.56. The molecule has 0 aliphatic heterocycles. The number of thiazole rings is 2. The van der Waals surface area contributed by atoms with Gasteiger partial charge in [0.05, 0.1) is 27.5 Å². The van der Waals surface area contributed by atoms with Gasteiger partial charge in [0.1, 0.15) is 0 Å². The third kappa shape index (κ3) is 2.61. The van der Waals surface area contributed by atoms with E-state index in [2.05, 4.69) is 25.3 Å². The van der Waals surface area contributed by atoms with Gasteiger partial charge in [0, 0.05) is 17.8 Å². The van der Waals surface area contributed by atoms with Crippen molar-refractivity contribution in [1.29, 1.82) is 0 Å². The van der Waals surface area contributed by atoms with E-state index < -0.39 is 0 Å². The number of nitrogens with zero attached hydrogens (tertiary/aromatic N) is 4. The fourth-order valence-corrected chi connectivity index (χ4v) is 3.34. The number of anilines is 2. The van der Waals surface area contributed by atoms with Crippen LogP contribution in [0.2, 0.25) is 0 Å². The third-order valence-corrected chi connectivity index (χ3v) is 4.29. The number of hydrogen-bond acceptors (Lipinski definition) is 7. The summed E-state index contributed by atoms with van der Waals surface area (Å²) >= 11 is 3.21. The number of rotatable bonds is 3. The van der Waals surface area contributed by atoms with E-state index in [4.69, 9.17) is 0 Å². The average Bonchev–Trinajstić information content (AvgIpc) is 2.97. The van der Waals surface area contributed by atoms with E-state index in [1.807, 2.05) is 19.2 Å². The first-order chi connectivity index (χ1) is 9.22. The molecule has 0 aromatic carbocycles. The van der Waals surface area contributed by atoms with Gasteiger partial charge in [0.15, 0.2) is 10.9 Å². The van der Waals surface area contributed by atoms with E-state index in [0.29, 0.717) is 5.82 Å². The van der Waals surface area contributed by atoms with Gasteiger partial charge in [-0.3, -0.25) is 4.98 Å². The first kappa shape index (κ1) is 12.2. The Labute approximate surface area is 118 Å². The second-order valence-corrected chi connectivity index (χ2v) is 5.96. The van der Waals surface area contributed by atoms with Crippen LogP contribution in [0.5, 0.6) is 0 Å². The predicted octanol–water partition coefficient (Wildman–Crippen LogP) is 3.42. The molecule has 0 atom stereocenters. The highest BCUT2D eigenvalue weighted by atomic mass is 32.1. The molecule has 0 spiro atoms. The Kier molecular flexibility index (Phi) is 3.22. The highest BCUT2D eigenvalue weighted by molar-refractivity contribution is 7.16. The number of nitrogens with one attached hydrogen (secondary N) is 1. The molecule has 0 radical (unpaired) electrons. The van der Waals surface area contributed by atoms with Crippen molar-refractivity contribution in [2.45, 2.75) is 13.8 Å². The molecule has 1 N–H and O–H groups in total. The highest BCUT2D eigenvalue weighted by Crippen LogP contribution is 2.32. The molecule has 3 aromatic heterocycles. The zero-order chi connectivity index (χ0) is 13.2. The van der Waals surface area contributed by atoms with Crippen molar-refractivity contribution in [3.63, 3.8) is 0 Å². The third-order valence-electron chi connectivity index (χ3n) is 2.44. The summed E-state index contributed by atoms with van der Waals surface area (Å²) in [5, 5.41) is 7.03. The van der Waals surface area contributed by atoms with E-state index in [1.54, 1.807) is 41.3 Å². The van der Waals surface area contributed by atoms with E-state index in [-0.39, 0.29) is 0 Å². The molecule has 7 heteroatoms. The van der Waals surface area contributed by atoms with Crippen LogP contribution in [0.25, 0.3) is 10.6 Å². The van der Waals surface area contributed by atoms with E-state index in [1.165, 1.54) is 0 Å². The molecule has 5 nitrogen and oxygen atoms in total. The fraction of sp³-hybridized carbons (Fsp3) is 0.167. The molecule has 19 heavy (non-hydrogen) atoms. The first-order valence-corrected chi connectivity index (χ1v) is 7.35. The number of aromatic nitrogens is 4. The monoisotopic (exact) mass is 289 g/mol. The predicted molar refractivity (Wildman–Crippen MR) is 78.0 cm³/mol. The Morgan fingerprint density at radius 3 is 2.74 bits per heavy atom. The summed E-state index contributed by atoms with van der Waals surface area (Å²) in [5.41, 5.74) is 1.98. The Bertz CT molecular complexity index is 689. The lowest BCUT2D eigenvalue weighted by molar-refractivity contribution is 1.19. The van der Waals surface area contributed by atoms with Crippen LogP contribution < -0.4 is 5.32 Å². The van der Waals surface area contributed by atoms with E-state index in [0.717, 1.165) is 26.4 Å². The largest absolute Gasteiger partial charge is 0.315 e. The quantitative estimate of drug-likeness (QED) is 0.800. The summed E-state index contributed by atoms with van der Waals surface area (Å²) in [6.07, 6.45) is 4.96. The highest BCUT2D eigenvalue weighted by Gasteiger charge is 2.11. The first-order valence-electron chi connectivity index (χ1n) is 5.65. The standard InChI is InChI=1S/C12H11N5S2/c1-7-11(19-8(2)15-7)9-6-18-12(16-9)17-10-5-13-3-4-14-10/h3-6H,1-2H3,(H,14,16,17). The lowest BCUT2D eigenvalue weighted by Crippen LogP contribution is -1.92. The maximum atomic E-state index is 4.56. The second-order valence-electron chi connectivity index (χ2n) is 3.90. The maximum Gasteiger partial charge on any atom is 0.188 e. The Hall–Kier alpha value is -1.86. The van der Waals surface area contributed by atoms with Crippen molar-refractivity contribution >= 4 is 33.6 Å². The molecule has 0 aliphatic rings. The summed E-state index contributed by atoms with van der Waals surface area (Å²) in [6, 6.07) is 0. The van der Waals surface area contributed by atoms with Gasteiger partial charge in [-0.05, 0) is 13.8 Å². The van der Waals surface area contributed by atoms with Gasteiger partial charge in [-0.2, -0.15) is 0 Å². The Morgan fingerprint density at radius 2 is 2.05 bits per heavy atom. The second kappa shape index (κ2) is 5.02. The van der Waals surface area contributed by atoms with Gasteiger partial charge in [0.25, 0.3) is 0 Å². The number of hydrogen-bond donors (Lipinski definition) is 1. The summed E-state index contributed by atoms with van der Waals surface area (Å²) in [4.78, 5) is 18.3. The average molecular weight is 289 g/mol. The van der Waals surface area contributed by atoms with Crippen LogP contribution in [0.3, 0.4) is 0 Å². The minimum atomic E-state index is 0.695. The van der Waals surface area contributed by atoms with Crippen molar-refractivity contribution in [2.24, 2.45) is 0 Å². The molecule has 3 aromatic rings. The minimum absolute atomic E-state index is 0.695. The van der Waals surface area contributed by atoms with Crippen LogP contribution in [0, 0.1) is 13.8 Å². The van der Waals surface area contributed by atoms with E-state index >= 15 is 0 Å². The molecule has 0 unspecified atom stereocenters. The zero-order valence-electron chi connectivity index (χ0n) is 10.4. The summed E-state index contributed by atoms with van der Waals surface area (Å²) in [7, 11) is 0. The SMILES string of the molecule is Cc1nc(C)c(-c2csc(Nc3cnccn3)n2)s1. The van der Waals surface area contributed by atoms with Crippen molar-refractivity contribution in [2.75, 3.05) is 5.32 Å². The van der Waals surface area contributed by atoms with Gasteiger partial charge in [0.2, 0.25) is 0 Å². The summed E-state index contributed by atoms with van der Waals surface area (Å²) in [5.74, 6) is 0.695. The van der Waals surface area contributed by atoms with E-state index in [9.17, 15) is 0 Å². The van der Waals surface area contributed by atoms with Crippen molar-refractivity contribution in [3.05, 3.63) is 34.7 Å². The molecule has 3 heterocycles. The fourth-order valence-electron chi connectivity index (χ4n) is 1.68. The van der Waals surface area contributed by atoms with Crippen LogP contribution in [0.4, 0.5) is 10.9 Å². The lowest BCUT2D eigenvalue weighted by atomic mass is 10.3. The van der Waals surface area contributed by atoms with Crippen molar-refractivity contribution in [3.8, 4) is 10.6 Å². The number of aryl methyl sites for hydroxylation is 2. The molecule has 3 rings (SSSR count). The molecule has 0 fully saturated rings. The van der Waals surface area contributed by atoms with Crippen molar-refractivity contribution in [1.82, 2.24) is 19.9 Å². The Balaban J connectivity index is 1.86. The smallest absolute Gasteiger partial charge is 0.188 e. The minimum Gasteiger partial charge on any atom is -0.315 e. The molecule has 96 valence electrons. The van der Waals surface area contributed by atoms with Crippen LogP contribution in [0.1, 0.15) is 10.7 Å². The van der Waals surface area contributed by atoms with Crippen LogP contribution >= 0.6 is 22.7 Å². The molecular weight excluding hydrogens is 278 g/mol. The van der Waals surface area contributed by atoms with Gasteiger partial charge in [-0.25, -0.2) is 15.0 Å². The normalized spacial score (nSPS) is 10.6. The van der Waals surface area contributed by atoms with Crippen LogP contribution in [0.15, 0.2) is 24.0 Å². The van der Waals surface area contributed by atoms with Gasteiger partial charge in [-0.1, -0.05) is 0 Å². The van der Waals surface area contributed by atoms with Crippen LogP contribution in [-0.4, -0.2) is 19.9 Å². The van der Waals surface area contributed by atoms with Crippen LogP contribution in [-0.2, 0) is 0 Å². The molecule has 0 saturated carbocycles. The summed E-state index contributed by atoms with van der Waals surface area (Å²) in [6.45, 7) is 4.01. The van der Waals surface area contributed by atoms with Crippen molar-refractivity contribution < 1.29 is 0 Å². The van der Waals surface area contributed by atoms with Gasteiger partial charge in [-0.15, -0.1) is 22.7 Å². The molecule has 0 amide bonds. The molecule has 0 bridgehead atoms. The molecular formula is C12H11N5S2. The zero-order valence-corrected chi connectivity index (χ0v) is 12.0. The molecule has 0 saturated heterocycles. The Morgan fingerprint density at radius 1 is 1.16 bits per heavy atom. The molecule has 0 aliphatic carbocycles. The van der Waals surface area contributed by atoms with Gasteiger partial charge >= 0.3 is 0 Å². The lowest BCUT2D eigenvalue weighted by Gasteiger charge is -1.98.